The molecule has 20 heavy (non-hydrogen) atoms. The van der Waals surface area contributed by atoms with Crippen molar-refractivity contribution in [1.82, 2.24) is 9.78 Å². The quantitative estimate of drug-likeness (QED) is 0.872. The van der Waals surface area contributed by atoms with Crippen molar-refractivity contribution in [3.8, 4) is 0 Å². The minimum absolute atomic E-state index is 0.0725. The highest BCUT2D eigenvalue weighted by Gasteiger charge is 2.26. The van der Waals surface area contributed by atoms with Crippen LogP contribution < -0.4 is 5.73 Å². The largest absolute Gasteiger partial charge is 0.326 e. The molecule has 2 rings (SSSR count). The number of aromatic nitrogens is 2. The van der Waals surface area contributed by atoms with Gasteiger partial charge in [-0.05, 0) is 54.2 Å². The summed E-state index contributed by atoms with van der Waals surface area (Å²) in [6, 6.07) is 2.35. The summed E-state index contributed by atoms with van der Waals surface area (Å²) in [6.45, 7) is 8.54. The van der Waals surface area contributed by atoms with E-state index < -0.39 is 0 Å². The Morgan fingerprint density at radius 3 is 2.55 bits per heavy atom. The molecule has 5 heteroatoms. The summed E-state index contributed by atoms with van der Waals surface area (Å²) in [7, 11) is 0. The van der Waals surface area contributed by atoms with E-state index >= 15 is 0 Å². The van der Waals surface area contributed by atoms with Gasteiger partial charge >= 0.3 is 0 Å². The zero-order valence-corrected chi connectivity index (χ0v) is 14.9. The van der Waals surface area contributed by atoms with E-state index in [2.05, 4.69) is 59.8 Å². The fraction of sp³-hybridized carbons (Fsp3) is 0.533. The van der Waals surface area contributed by atoms with E-state index in [9.17, 15) is 0 Å². The van der Waals surface area contributed by atoms with Gasteiger partial charge in [-0.3, -0.25) is 4.68 Å². The van der Waals surface area contributed by atoms with Crippen molar-refractivity contribution >= 4 is 27.3 Å². The number of hydrogen-bond donors (Lipinski definition) is 1. The maximum atomic E-state index is 6.39. The van der Waals surface area contributed by atoms with Gasteiger partial charge in [-0.1, -0.05) is 13.8 Å². The first-order valence-corrected chi connectivity index (χ1v) is 8.70. The number of nitrogens with two attached hydrogens (primary N) is 1. The monoisotopic (exact) mass is 355 g/mol. The summed E-state index contributed by atoms with van der Waals surface area (Å²) in [4.78, 5) is 1.26. The van der Waals surface area contributed by atoms with Crippen molar-refractivity contribution in [3.63, 3.8) is 0 Å². The summed E-state index contributed by atoms with van der Waals surface area (Å²) >= 11 is 5.28. The van der Waals surface area contributed by atoms with E-state index in [0.717, 1.165) is 23.0 Å². The standard InChI is InChI=1S/C15H22BrN3S/c1-5-12-9(3)18-19(10(12)4)15(13(17)6-2)14-7-11(16)8-20-14/h7-8,13,15H,5-6,17H2,1-4H3. The van der Waals surface area contributed by atoms with Crippen LogP contribution in [0, 0.1) is 13.8 Å². The summed E-state index contributed by atoms with van der Waals surface area (Å²) in [5, 5.41) is 6.87. The van der Waals surface area contributed by atoms with Crippen molar-refractivity contribution in [3.05, 3.63) is 37.7 Å². The number of rotatable bonds is 5. The third-order valence-corrected chi connectivity index (χ3v) is 5.61. The minimum atomic E-state index is 0.0725. The van der Waals surface area contributed by atoms with Gasteiger partial charge < -0.3 is 5.73 Å². The second-order valence-corrected chi connectivity index (χ2v) is 6.99. The van der Waals surface area contributed by atoms with Crippen LogP contribution in [-0.4, -0.2) is 15.8 Å². The highest BCUT2D eigenvalue weighted by Crippen LogP contribution is 2.32. The molecule has 0 saturated heterocycles. The van der Waals surface area contributed by atoms with Crippen LogP contribution in [0.2, 0.25) is 0 Å². The molecule has 2 aromatic rings. The Kier molecular flexibility index (Phi) is 5.04. The zero-order chi connectivity index (χ0) is 14.9. The van der Waals surface area contributed by atoms with Gasteiger partial charge in [-0.2, -0.15) is 5.10 Å². The Hall–Kier alpha value is -0.650. The van der Waals surface area contributed by atoms with Gasteiger partial charge in [0.2, 0.25) is 0 Å². The molecule has 0 aliphatic heterocycles. The van der Waals surface area contributed by atoms with E-state index in [-0.39, 0.29) is 12.1 Å². The Morgan fingerprint density at radius 2 is 2.10 bits per heavy atom. The Labute approximate surface area is 133 Å². The molecule has 0 spiro atoms. The topological polar surface area (TPSA) is 43.8 Å². The van der Waals surface area contributed by atoms with Gasteiger partial charge in [-0.15, -0.1) is 11.3 Å². The number of nitrogens with zero attached hydrogens (tertiary/aromatic N) is 2. The zero-order valence-electron chi connectivity index (χ0n) is 12.5. The molecule has 2 heterocycles. The molecule has 0 aliphatic carbocycles. The molecule has 2 unspecified atom stereocenters. The first-order chi connectivity index (χ1) is 9.49. The van der Waals surface area contributed by atoms with Crippen LogP contribution in [0.4, 0.5) is 0 Å². The third-order valence-electron chi connectivity index (χ3n) is 3.85. The Balaban J connectivity index is 2.52. The molecule has 0 aliphatic rings. The average Bonchev–Trinajstić information content (AvgIpc) is 2.95. The molecule has 0 amide bonds. The highest BCUT2D eigenvalue weighted by atomic mass is 79.9. The number of halogens is 1. The second-order valence-electron chi connectivity index (χ2n) is 5.13. The van der Waals surface area contributed by atoms with Crippen LogP contribution in [0.25, 0.3) is 0 Å². The van der Waals surface area contributed by atoms with Crippen molar-refractivity contribution in [2.75, 3.05) is 0 Å². The van der Waals surface area contributed by atoms with Gasteiger partial charge in [-0.25, -0.2) is 0 Å². The van der Waals surface area contributed by atoms with Crippen molar-refractivity contribution in [1.29, 1.82) is 0 Å². The SMILES string of the molecule is CCc1c(C)nn(C(c2cc(Br)cs2)C(N)CC)c1C. The fourth-order valence-corrected chi connectivity index (χ4v) is 4.30. The highest BCUT2D eigenvalue weighted by molar-refractivity contribution is 9.10. The van der Waals surface area contributed by atoms with Crippen LogP contribution in [0.5, 0.6) is 0 Å². The maximum Gasteiger partial charge on any atom is 0.101 e. The lowest BCUT2D eigenvalue weighted by Gasteiger charge is -2.24. The van der Waals surface area contributed by atoms with E-state index in [4.69, 9.17) is 10.8 Å². The first-order valence-electron chi connectivity index (χ1n) is 7.03. The van der Waals surface area contributed by atoms with Gasteiger partial charge in [0.25, 0.3) is 0 Å². The van der Waals surface area contributed by atoms with Crippen molar-refractivity contribution < 1.29 is 0 Å². The summed E-state index contributed by atoms with van der Waals surface area (Å²) < 4.78 is 3.24. The molecule has 2 atom stereocenters. The van der Waals surface area contributed by atoms with Gasteiger partial charge in [0.05, 0.1) is 5.69 Å². The first kappa shape index (κ1) is 15.7. The van der Waals surface area contributed by atoms with Gasteiger partial charge in [0, 0.05) is 26.5 Å². The van der Waals surface area contributed by atoms with Crippen LogP contribution >= 0.6 is 27.3 Å². The molecule has 0 radical (unpaired) electrons. The summed E-state index contributed by atoms with van der Waals surface area (Å²) in [5.74, 6) is 0. The lowest BCUT2D eigenvalue weighted by Crippen LogP contribution is -2.33. The molecule has 2 aromatic heterocycles. The molecule has 3 nitrogen and oxygen atoms in total. The Bertz CT molecular complexity index is 588. The third kappa shape index (κ3) is 2.85. The molecule has 110 valence electrons. The normalized spacial score (nSPS) is 14.5. The molecule has 0 fully saturated rings. The van der Waals surface area contributed by atoms with Crippen LogP contribution in [0.1, 0.15) is 48.1 Å². The van der Waals surface area contributed by atoms with Crippen LogP contribution in [0.15, 0.2) is 15.9 Å². The fourth-order valence-electron chi connectivity index (χ4n) is 2.70. The van der Waals surface area contributed by atoms with Crippen molar-refractivity contribution in [2.24, 2.45) is 5.73 Å². The minimum Gasteiger partial charge on any atom is -0.326 e. The predicted octanol–water partition coefficient (Wildman–Crippen LogP) is 4.21. The lowest BCUT2D eigenvalue weighted by atomic mass is 10.0. The average molecular weight is 356 g/mol. The number of aryl methyl sites for hydroxylation is 1. The van der Waals surface area contributed by atoms with E-state index in [1.54, 1.807) is 11.3 Å². The lowest BCUT2D eigenvalue weighted by molar-refractivity contribution is 0.420. The smallest absolute Gasteiger partial charge is 0.101 e. The summed E-state index contributed by atoms with van der Waals surface area (Å²) in [6.07, 6.45) is 1.94. The van der Waals surface area contributed by atoms with E-state index in [1.807, 2.05) is 0 Å². The van der Waals surface area contributed by atoms with Crippen molar-refractivity contribution in [2.45, 2.75) is 52.6 Å². The molecular formula is C15H22BrN3S. The molecule has 2 N–H and O–H groups in total. The Morgan fingerprint density at radius 1 is 1.40 bits per heavy atom. The van der Waals surface area contributed by atoms with Crippen LogP contribution in [0.3, 0.4) is 0 Å². The molecule has 0 bridgehead atoms. The number of hydrogen-bond acceptors (Lipinski definition) is 3. The molecule has 0 saturated carbocycles. The second kappa shape index (κ2) is 6.41. The maximum absolute atomic E-state index is 6.39. The van der Waals surface area contributed by atoms with Gasteiger partial charge in [0.15, 0.2) is 0 Å². The van der Waals surface area contributed by atoms with Gasteiger partial charge in [0.1, 0.15) is 6.04 Å². The molecular weight excluding hydrogens is 334 g/mol. The predicted molar refractivity (Wildman–Crippen MR) is 89.5 cm³/mol. The molecule has 0 aromatic carbocycles. The van der Waals surface area contributed by atoms with Crippen LogP contribution in [-0.2, 0) is 6.42 Å². The summed E-state index contributed by atoms with van der Waals surface area (Å²) in [5.41, 5.74) is 10.1. The van der Waals surface area contributed by atoms with E-state index in [0.29, 0.717) is 0 Å². The van der Waals surface area contributed by atoms with E-state index in [1.165, 1.54) is 16.1 Å². The number of thiophene rings is 1.